The first-order valence-corrected chi connectivity index (χ1v) is 18.4. The lowest BCUT2D eigenvalue weighted by Gasteiger charge is -2.35. The first-order chi connectivity index (χ1) is 20.8. The summed E-state index contributed by atoms with van der Waals surface area (Å²) >= 11 is 0. The van der Waals surface area contributed by atoms with Crippen LogP contribution in [-0.4, -0.2) is 78.8 Å². The lowest BCUT2D eigenvalue weighted by atomic mass is 9.98. The van der Waals surface area contributed by atoms with Gasteiger partial charge in [-0.15, -0.1) is 0 Å². The van der Waals surface area contributed by atoms with Gasteiger partial charge in [0.15, 0.2) is 0 Å². The van der Waals surface area contributed by atoms with E-state index in [0.29, 0.717) is 55.9 Å². The number of halogens is 3. The Morgan fingerprint density at radius 1 is 1.11 bits per heavy atom. The molecule has 11 nitrogen and oxygen atoms in total. The summed E-state index contributed by atoms with van der Waals surface area (Å²) < 4.78 is 47.8. The second kappa shape index (κ2) is 13.9. The number of carbonyl (C=O) groups excluding carboxylic acids is 2. The molecule has 2 aromatic rings. The number of nitrogens with zero attached hydrogens (tertiary/aromatic N) is 6. The quantitative estimate of drug-likeness (QED) is 0.291. The molecule has 1 N–H and O–H groups in total. The molecular weight excluding hydrogens is 595 g/mol. The average Bonchev–Trinajstić information content (AvgIpc) is 3.32. The molecule has 238 valence electrons. The van der Waals surface area contributed by atoms with E-state index in [1.54, 1.807) is 17.0 Å². The Morgan fingerprint density at radius 2 is 1.82 bits per heavy atom. The molecule has 1 aliphatic carbocycles. The van der Waals surface area contributed by atoms with Crippen LogP contribution >= 0.6 is 0 Å². The van der Waals surface area contributed by atoms with Crippen LogP contribution in [-0.2, 0) is 27.2 Å². The van der Waals surface area contributed by atoms with Crippen LogP contribution in [0.3, 0.4) is 0 Å². The molecule has 1 saturated carbocycles. The highest BCUT2D eigenvalue weighted by Crippen LogP contribution is 2.34. The molecule has 4 rings (SSSR count). The number of hydrogen-bond acceptors (Lipinski definition) is 9. The molecule has 0 bridgehead atoms. The molecule has 2 fully saturated rings. The fourth-order valence-electron chi connectivity index (χ4n) is 5.34. The van der Waals surface area contributed by atoms with Gasteiger partial charge in [0.05, 0.1) is 17.4 Å². The van der Waals surface area contributed by atoms with Crippen molar-refractivity contribution in [3.8, 4) is 6.07 Å². The first kappa shape index (κ1) is 33.1. The van der Waals surface area contributed by atoms with E-state index >= 15 is 0 Å². The zero-order valence-corrected chi connectivity index (χ0v) is 26.2. The predicted octanol–water partition coefficient (Wildman–Crippen LogP) is 3.59. The van der Waals surface area contributed by atoms with Crippen molar-refractivity contribution >= 4 is 31.3 Å². The Bertz CT molecular complexity index is 1430. The lowest BCUT2D eigenvalue weighted by molar-refractivity contribution is -0.138. The number of pyridine rings is 1. The van der Waals surface area contributed by atoms with Crippen LogP contribution in [0.5, 0.6) is 0 Å². The van der Waals surface area contributed by atoms with E-state index in [2.05, 4.69) is 35.0 Å². The maximum atomic E-state index is 13.9. The van der Waals surface area contributed by atoms with E-state index in [-0.39, 0.29) is 31.4 Å². The van der Waals surface area contributed by atoms with Crippen LogP contribution in [0, 0.1) is 23.2 Å². The van der Waals surface area contributed by atoms with Gasteiger partial charge in [0.25, 0.3) is 5.56 Å². The molecule has 3 heterocycles. The number of rotatable bonds is 11. The largest absolute Gasteiger partial charge is 0.423 e. The fraction of sp³-hybridized carbons (Fsp3) is 0.586. The van der Waals surface area contributed by atoms with Crippen LogP contribution in [0.4, 0.5) is 24.7 Å². The monoisotopic (exact) mass is 633 g/mol. The summed E-state index contributed by atoms with van der Waals surface area (Å²) in [4.78, 5) is 46.8. The van der Waals surface area contributed by atoms with Gasteiger partial charge >= 0.3 is 6.18 Å². The molecule has 1 aliphatic heterocycles. The zero-order chi connectivity index (χ0) is 32.1. The summed E-state index contributed by atoms with van der Waals surface area (Å²) in [6.07, 6.45) is -1.54. The van der Waals surface area contributed by atoms with Crippen molar-refractivity contribution < 1.29 is 27.5 Å². The van der Waals surface area contributed by atoms with E-state index in [9.17, 15) is 27.6 Å². The number of anilines is 2. The van der Waals surface area contributed by atoms with Crippen molar-refractivity contribution in [1.29, 1.82) is 5.26 Å². The maximum absolute atomic E-state index is 13.9. The Hall–Kier alpha value is -3.77. The van der Waals surface area contributed by atoms with Gasteiger partial charge in [-0.3, -0.25) is 14.4 Å². The van der Waals surface area contributed by atoms with Crippen molar-refractivity contribution in [3.63, 3.8) is 0 Å². The first-order valence-electron chi connectivity index (χ1n) is 14.7. The van der Waals surface area contributed by atoms with Gasteiger partial charge in [-0.1, -0.05) is 19.6 Å². The molecule has 0 radical (unpaired) electrons. The fourth-order valence-corrected chi connectivity index (χ4v) is 6.10. The van der Waals surface area contributed by atoms with Crippen LogP contribution in [0.25, 0.3) is 0 Å². The molecule has 2 aromatic heterocycles. The van der Waals surface area contributed by atoms with Gasteiger partial charge in [0, 0.05) is 71.9 Å². The lowest BCUT2D eigenvalue weighted by Crippen LogP contribution is -2.49. The molecule has 2 unspecified atom stereocenters. The number of piperazine rings is 1. The van der Waals surface area contributed by atoms with Crippen LogP contribution in [0.15, 0.2) is 29.3 Å². The highest BCUT2D eigenvalue weighted by atomic mass is 28.3. The second-order valence-electron chi connectivity index (χ2n) is 12.4. The summed E-state index contributed by atoms with van der Waals surface area (Å²) in [6, 6.07) is 6.29. The molecular formula is C29H38F3N7O4Si. The minimum Gasteiger partial charge on any atom is -0.382 e. The summed E-state index contributed by atoms with van der Waals surface area (Å²) in [5.74, 6) is -0.667. The van der Waals surface area contributed by atoms with E-state index in [1.807, 2.05) is 11.0 Å². The van der Waals surface area contributed by atoms with Gasteiger partial charge in [-0.2, -0.15) is 23.5 Å². The van der Waals surface area contributed by atoms with Crippen LogP contribution in [0.2, 0.25) is 25.7 Å². The number of ketones is 1. The Kier molecular flexibility index (Phi) is 10.5. The number of aromatic nitrogens is 3. The molecule has 2 atom stereocenters. The molecule has 1 amide bonds. The molecule has 44 heavy (non-hydrogen) atoms. The number of nitriles is 1. The maximum Gasteiger partial charge on any atom is 0.423 e. The van der Waals surface area contributed by atoms with Crippen LogP contribution < -0.4 is 15.8 Å². The van der Waals surface area contributed by atoms with Gasteiger partial charge in [0.1, 0.15) is 30.0 Å². The SMILES string of the molecule is C[Si](C)(C)CCOCn1ncc(NCC2CCC(CC(=O)N3CCN(c4ccc(C#N)cn4)CC3)C2=O)c(C(F)(F)F)c1=O. The summed E-state index contributed by atoms with van der Waals surface area (Å²) in [5.41, 5.74) is -2.71. The van der Waals surface area contributed by atoms with Crippen molar-refractivity contribution in [2.24, 2.45) is 11.8 Å². The number of carbonyl (C=O) groups is 2. The third-order valence-electron chi connectivity index (χ3n) is 8.00. The third kappa shape index (κ3) is 8.44. The molecule has 1 saturated heterocycles. The Balaban J connectivity index is 1.29. The highest BCUT2D eigenvalue weighted by Gasteiger charge is 2.40. The van der Waals surface area contributed by atoms with Gasteiger partial charge in [0.2, 0.25) is 5.91 Å². The number of amides is 1. The zero-order valence-electron chi connectivity index (χ0n) is 25.2. The predicted molar refractivity (Wildman–Crippen MR) is 160 cm³/mol. The van der Waals surface area contributed by atoms with E-state index in [4.69, 9.17) is 10.00 Å². The van der Waals surface area contributed by atoms with Crippen molar-refractivity contribution in [1.82, 2.24) is 19.7 Å². The summed E-state index contributed by atoms with van der Waals surface area (Å²) in [7, 11) is -1.41. The summed E-state index contributed by atoms with van der Waals surface area (Å²) in [6.45, 7) is 8.32. The van der Waals surface area contributed by atoms with Crippen molar-refractivity contribution in [3.05, 3.63) is 46.0 Å². The number of nitrogens with one attached hydrogen (secondary N) is 1. The molecule has 0 aromatic carbocycles. The van der Waals surface area contributed by atoms with Gasteiger partial charge < -0.3 is 19.9 Å². The second-order valence-corrected chi connectivity index (χ2v) is 18.0. The van der Waals surface area contributed by atoms with Gasteiger partial charge in [-0.05, 0) is 31.0 Å². The molecule has 2 aliphatic rings. The van der Waals surface area contributed by atoms with E-state index in [0.717, 1.165) is 18.1 Å². The highest BCUT2D eigenvalue weighted by molar-refractivity contribution is 6.76. The third-order valence-corrected chi connectivity index (χ3v) is 9.70. The van der Waals surface area contributed by atoms with Gasteiger partial charge in [-0.25, -0.2) is 9.67 Å². The normalized spacial score (nSPS) is 19.2. The van der Waals surface area contributed by atoms with Crippen LogP contribution in [0.1, 0.15) is 30.4 Å². The number of ether oxygens (including phenoxy) is 1. The topological polar surface area (TPSA) is 133 Å². The number of hydrogen-bond donors (Lipinski definition) is 1. The minimum atomic E-state index is -4.93. The van der Waals surface area contributed by atoms with E-state index in [1.165, 1.54) is 6.20 Å². The van der Waals surface area contributed by atoms with Crippen molar-refractivity contribution in [2.75, 3.05) is 49.5 Å². The van der Waals surface area contributed by atoms with Crippen molar-refractivity contribution in [2.45, 2.75) is 57.9 Å². The smallest absolute Gasteiger partial charge is 0.382 e. The Labute approximate surface area is 255 Å². The molecule has 0 spiro atoms. The average molecular weight is 634 g/mol. The number of alkyl halides is 3. The summed E-state index contributed by atoms with van der Waals surface area (Å²) in [5, 5.41) is 15.4. The standard InChI is InChI=1S/C29H38F3N7O4Si/c1-44(2,3)13-12-43-19-39-28(42)26(29(30,31)32)23(18-36-39)34-17-22-6-5-21(27(22)41)14-25(40)38-10-8-37(9-11-38)24-7-4-20(15-33)16-35-24/h4,7,16,18,21-22,34H,5-6,8-14,17,19H2,1-3H3. The molecule has 15 heteroatoms. The van der Waals surface area contributed by atoms with E-state index < -0.39 is 42.9 Å². The minimum absolute atomic E-state index is 0.0492. The Morgan fingerprint density at radius 3 is 2.43 bits per heavy atom. The number of Topliss-reactive ketones (excluding diaryl/α,β-unsaturated/α-hetero) is 1.